The van der Waals surface area contributed by atoms with Crippen LogP contribution in [0.1, 0.15) is 17.3 Å². The highest BCUT2D eigenvalue weighted by Crippen LogP contribution is 2.23. The standard InChI is InChI=1S/C11H12Cl2N2O3/c1-7(5-12)6-14-11(16)9-3-2-8(13)4-10(9)15(17)18/h2-4,7H,5-6H2,1H3,(H,14,16). The Bertz CT molecular complexity index is 466. The first kappa shape index (κ1) is 14.7. The summed E-state index contributed by atoms with van der Waals surface area (Å²) < 4.78 is 0. The normalized spacial score (nSPS) is 11.9. The van der Waals surface area contributed by atoms with Crippen molar-refractivity contribution in [1.29, 1.82) is 0 Å². The summed E-state index contributed by atoms with van der Waals surface area (Å²) >= 11 is 11.3. The maximum absolute atomic E-state index is 11.8. The van der Waals surface area contributed by atoms with Gasteiger partial charge in [-0.3, -0.25) is 14.9 Å². The largest absolute Gasteiger partial charge is 0.352 e. The summed E-state index contributed by atoms with van der Waals surface area (Å²) in [5, 5.41) is 13.6. The average Bonchev–Trinajstić information content (AvgIpc) is 2.35. The van der Waals surface area contributed by atoms with E-state index in [0.717, 1.165) is 6.07 Å². The molecule has 0 aliphatic rings. The molecule has 0 fully saturated rings. The Balaban J connectivity index is 2.88. The molecule has 1 rings (SSSR count). The van der Waals surface area contributed by atoms with Gasteiger partial charge in [-0.25, -0.2) is 0 Å². The Hall–Kier alpha value is -1.33. The molecule has 0 radical (unpaired) electrons. The van der Waals surface area contributed by atoms with Crippen LogP contribution in [0, 0.1) is 16.0 Å². The van der Waals surface area contributed by atoms with Gasteiger partial charge in [0.1, 0.15) is 5.56 Å². The second-order valence-corrected chi connectivity index (χ2v) is 4.63. The first-order valence-electron chi connectivity index (χ1n) is 5.23. The molecule has 1 amide bonds. The second-order valence-electron chi connectivity index (χ2n) is 3.89. The topological polar surface area (TPSA) is 72.2 Å². The molecule has 1 aromatic rings. The van der Waals surface area contributed by atoms with Gasteiger partial charge in [0, 0.05) is 23.5 Å². The average molecular weight is 291 g/mol. The van der Waals surface area contributed by atoms with Crippen molar-refractivity contribution in [2.24, 2.45) is 5.92 Å². The van der Waals surface area contributed by atoms with E-state index in [4.69, 9.17) is 23.2 Å². The first-order chi connectivity index (χ1) is 8.45. The summed E-state index contributed by atoms with van der Waals surface area (Å²) in [7, 11) is 0. The lowest BCUT2D eigenvalue weighted by molar-refractivity contribution is -0.385. The molecule has 18 heavy (non-hydrogen) atoms. The van der Waals surface area contributed by atoms with Crippen LogP contribution < -0.4 is 5.32 Å². The fourth-order valence-corrected chi connectivity index (χ4v) is 1.54. The lowest BCUT2D eigenvalue weighted by Gasteiger charge is -2.09. The molecule has 1 unspecified atom stereocenters. The van der Waals surface area contributed by atoms with Crippen LogP contribution >= 0.6 is 23.2 Å². The summed E-state index contributed by atoms with van der Waals surface area (Å²) in [6.45, 7) is 2.23. The third kappa shape index (κ3) is 3.85. The predicted molar refractivity (Wildman–Crippen MR) is 70.3 cm³/mol. The molecule has 0 heterocycles. The smallest absolute Gasteiger partial charge is 0.283 e. The Morgan fingerprint density at radius 2 is 2.22 bits per heavy atom. The van der Waals surface area contributed by atoms with Crippen LogP contribution in [-0.4, -0.2) is 23.3 Å². The predicted octanol–water partition coefficient (Wildman–Crippen LogP) is 2.85. The summed E-state index contributed by atoms with van der Waals surface area (Å²) in [4.78, 5) is 22.0. The molecular weight excluding hydrogens is 279 g/mol. The van der Waals surface area contributed by atoms with Crippen LogP contribution in [0.4, 0.5) is 5.69 Å². The quantitative estimate of drug-likeness (QED) is 0.515. The Kier molecular flexibility index (Phi) is 5.37. The van der Waals surface area contributed by atoms with Crippen LogP contribution in [0.2, 0.25) is 5.02 Å². The fourth-order valence-electron chi connectivity index (χ4n) is 1.26. The number of carbonyl (C=O) groups excluding carboxylic acids is 1. The Morgan fingerprint density at radius 1 is 1.56 bits per heavy atom. The summed E-state index contributed by atoms with van der Waals surface area (Å²) in [5.74, 6) is 0.000473. The maximum Gasteiger partial charge on any atom is 0.283 e. The zero-order chi connectivity index (χ0) is 13.7. The summed E-state index contributed by atoms with van der Waals surface area (Å²) in [5.41, 5.74) is -0.315. The van der Waals surface area contributed by atoms with E-state index in [1.54, 1.807) is 0 Å². The summed E-state index contributed by atoms with van der Waals surface area (Å²) in [6, 6.07) is 3.93. The molecule has 5 nitrogen and oxygen atoms in total. The van der Waals surface area contributed by atoms with Crippen molar-refractivity contribution < 1.29 is 9.72 Å². The molecule has 0 saturated carbocycles. The van der Waals surface area contributed by atoms with E-state index in [1.807, 2.05) is 6.92 Å². The van der Waals surface area contributed by atoms with Gasteiger partial charge >= 0.3 is 0 Å². The highest BCUT2D eigenvalue weighted by molar-refractivity contribution is 6.31. The molecular formula is C11H12Cl2N2O3. The van der Waals surface area contributed by atoms with E-state index in [9.17, 15) is 14.9 Å². The highest BCUT2D eigenvalue weighted by atomic mass is 35.5. The van der Waals surface area contributed by atoms with E-state index in [2.05, 4.69) is 5.32 Å². The van der Waals surface area contributed by atoms with Crippen molar-refractivity contribution in [1.82, 2.24) is 5.32 Å². The van der Waals surface area contributed by atoms with Gasteiger partial charge in [0.05, 0.1) is 4.92 Å². The van der Waals surface area contributed by atoms with E-state index >= 15 is 0 Å². The van der Waals surface area contributed by atoms with Gasteiger partial charge < -0.3 is 5.32 Å². The molecule has 7 heteroatoms. The number of hydrogen-bond acceptors (Lipinski definition) is 3. The van der Waals surface area contributed by atoms with Crippen molar-refractivity contribution >= 4 is 34.8 Å². The van der Waals surface area contributed by atoms with Gasteiger partial charge in [-0.1, -0.05) is 18.5 Å². The van der Waals surface area contributed by atoms with Gasteiger partial charge in [-0.05, 0) is 18.1 Å². The SMILES string of the molecule is CC(CCl)CNC(=O)c1ccc(Cl)cc1[N+](=O)[O-]. The zero-order valence-electron chi connectivity index (χ0n) is 9.65. The van der Waals surface area contributed by atoms with Crippen LogP contribution in [0.25, 0.3) is 0 Å². The van der Waals surface area contributed by atoms with Crippen molar-refractivity contribution in [2.45, 2.75) is 6.92 Å². The molecule has 0 bridgehead atoms. The molecule has 1 atom stereocenters. The van der Waals surface area contributed by atoms with Crippen molar-refractivity contribution in [3.05, 3.63) is 38.9 Å². The van der Waals surface area contributed by atoms with E-state index < -0.39 is 10.8 Å². The number of nitrogens with one attached hydrogen (secondary N) is 1. The van der Waals surface area contributed by atoms with Gasteiger partial charge in [0.15, 0.2) is 0 Å². The number of alkyl halides is 1. The number of nitro groups is 1. The van der Waals surface area contributed by atoms with Gasteiger partial charge in [0.25, 0.3) is 11.6 Å². The molecule has 0 aliphatic carbocycles. The number of nitrogens with zero attached hydrogens (tertiary/aromatic N) is 1. The molecule has 0 aromatic heterocycles. The number of nitro benzene ring substituents is 1. The van der Waals surface area contributed by atoms with Crippen molar-refractivity contribution in [2.75, 3.05) is 12.4 Å². The molecule has 1 N–H and O–H groups in total. The van der Waals surface area contributed by atoms with Gasteiger partial charge in [-0.15, -0.1) is 11.6 Å². The second kappa shape index (κ2) is 6.56. The minimum absolute atomic E-state index is 0.00817. The van der Waals surface area contributed by atoms with E-state index in [-0.39, 0.29) is 22.2 Å². The van der Waals surface area contributed by atoms with Gasteiger partial charge in [-0.2, -0.15) is 0 Å². The molecule has 0 spiro atoms. The fraction of sp³-hybridized carbons (Fsp3) is 0.364. The van der Waals surface area contributed by atoms with E-state index in [0.29, 0.717) is 12.4 Å². The van der Waals surface area contributed by atoms with Crippen LogP contribution in [0.3, 0.4) is 0 Å². The minimum atomic E-state index is -0.633. The van der Waals surface area contributed by atoms with Crippen LogP contribution in [0.15, 0.2) is 18.2 Å². The Labute approximate surface area is 114 Å². The molecule has 0 aliphatic heterocycles. The number of hydrogen-bond donors (Lipinski definition) is 1. The lowest BCUT2D eigenvalue weighted by Crippen LogP contribution is -2.29. The highest BCUT2D eigenvalue weighted by Gasteiger charge is 2.20. The lowest BCUT2D eigenvalue weighted by atomic mass is 10.1. The number of amides is 1. The Morgan fingerprint density at radius 3 is 2.78 bits per heavy atom. The number of rotatable bonds is 5. The number of benzene rings is 1. The van der Waals surface area contributed by atoms with Gasteiger partial charge in [0.2, 0.25) is 0 Å². The maximum atomic E-state index is 11.8. The number of halogens is 2. The van der Waals surface area contributed by atoms with Crippen molar-refractivity contribution in [3.8, 4) is 0 Å². The third-order valence-corrected chi connectivity index (χ3v) is 3.04. The van der Waals surface area contributed by atoms with E-state index in [1.165, 1.54) is 12.1 Å². The number of carbonyl (C=O) groups is 1. The van der Waals surface area contributed by atoms with Crippen LogP contribution in [-0.2, 0) is 0 Å². The molecule has 1 aromatic carbocycles. The monoisotopic (exact) mass is 290 g/mol. The molecule has 98 valence electrons. The van der Waals surface area contributed by atoms with Crippen molar-refractivity contribution in [3.63, 3.8) is 0 Å². The first-order valence-corrected chi connectivity index (χ1v) is 6.15. The minimum Gasteiger partial charge on any atom is -0.352 e. The third-order valence-electron chi connectivity index (χ3n) is 2.28. The zero-order valence-corrected chi connectivity index (χ0v) is 11.2. The molecule has 0 saturated heterocycles. The summed E-state index contributed by atoms with van der Waals surface area (Å²) in [6.07, 6.45) is 0. The van der Waals surface area contributed by atoms with Crippen LogP contribution in [0.5, 0.6) is 0 Å².